The summed E-state index contributed by atoms with van der Waals surface area (Å²) in [6.45, 7) is 6.26. The van der Waals surface area contributed by atoms with E-state index < -0.39 is 17.6 Å². The number of halogens is 3. The van der Waals surface area contributed by atoms with Crippen molar-refractivity contribution in [1.82, 2.24) is 0 Å². The van der Waals surface area contributed by atoms with Crippen molar-refractivity contribution in [2.75, 3.05) is 5.32 Å². The molecule has 0 fully saturated rings. The molecule has 0 spiro atoms. The Morgan fingerprint density at radius 1 is 1.10 bits per heavy atom. The number of hydrogen-bond acceptors (Lipinski definition) is 3. The van der Waals surface area contributed by atoms with Crippen LogP contribution in [0, 0.1) is 20.8 Å². The monoisotopic (exact) mass is 419 g/mol. The minimum atomic E-state index is -4.54. The molecule has 0 saturated heterocycles. The zero-order valence-corrected chi connectivity index (χ0v) is 17.0. The Morgan fingerprint density at radius 3 is 2.55 bits per heavy atom. The van der Waals surface area contributed by atoms with Crippen LogP contribution in [0.4, 0.5) is 18.9 Å². The fraction of sp³-hybridized carbons (Fsp3) is 0.227. The van der Waals surface area contributed by atoms with Gasteiger partial charge in [0.15, 0.2) is 0 Å². The second kappa shape index (κ2) is 8.29. The number of carbonyl (C=O) groups is 1. The van der Waals surface area contributed by atoms with E-state index in [0.29, 0.717) is 4.88 Å². The van der Waals surface area contributed by atoms with Gasteiger partial charge in [-0.15, -0.1) is 11.3 Å². The van der Waals surface area contributed by atoms with Gasteiger partial charge in [-0.1, -0.05) is 18.2 Å². The molecular weight excluding hydrogens is 399 g/mol. The van der Waals surface area contributed by atoms with E-state index in [1.807, 2.05) is 26.8 Å². The molecule has 0 bridgehead atoms. The first kappa shape index (κ1) is 20.9. The van der Waals surface area contributed by atoms with Gasteiger partial charge in [-0.05, 0) is 67.1 Å². The zero-order valence-electron chi connectivity index (χ0n) is 16.2. The molecule has 0 atom stereocenters. The highest BCUT2D eigenvalue weighted by atomic mass is 32.1. The van der Waals surface area contributed by atoms with E-state index in [-0.39, 0.29) is 12.3 Å². The van der Waals surface area contributed by atoms with Gasteiger partial charge in [0.1, 0.15) is 12.4 Å². The zero-order chi connectivity index (χ0) is 21.2. The van der Waals surface area contributed by atoms with Gasteiger partial charge < -0.3 is 10.1 Å². The summed E-state index contributed by atoms with van der Waals surface area (Å²) in [4.78, 5) is 12.7. The standard InChI is InChI=1S/C22H20F3NO2S/c1-13-8-14(2)15(3)19(9-13)28-11-16-10-20(29-12-16)21(27)26-18-7-5-4-6-17(18)22(23,24)25/h4-10,12H,11H2,1-3H3,(H,26,27). The van der Waals surface area contributed by atoms with Crippen LogP contribution in [0.3, 0.4) is 0 Å². The summed E-state index contributed by atoms with van der Waals surface area (Å²) in [6, 6.07) is 10.6. The Hall–Kier alpha value is -2.80. The van der Waals surface area contributed by atoms with Crippen molar-refractivity contribution in [2.24, 2.45) is 0 Å². The van der Waals surface area contributed by atoms with Gasteiger partial charge in [-0.25, -0.2) is 0 Å². The van der Waals surface area contributed by atoms with Crippen LogP contribution in [0.5, 0.6) is 5.75 Å². The lowest BCUT2D eigenvalue weighted by Gasteiger charge is -2.13. The van der Waals surface area contributed by atoms with Gasteiger partial charge in [-0.3, -0.25) is 4.79 Å². The molecule has 1 amide bonds. The molecule has 2 aromatic carbocycles. The molecule has 0 aliphatic carbocycles. The minimum Gasteiger partial charge on any atom is -0.489 e. The predicted octanol–water partition coefficient (Wildman–Crippen LogP) is 6.52. The van der Waals surface area contributed by atoms with Crippen LogP contribution in [0.25, 0.3) is 0 Å². The van der Waals surface area contributed by atoms with Gasteiger partial charge in [0, 0.05) is 5.56 Å². The first-order valence-electron chi connectivity index (χ1n) is 8.91. The minimum absolute atomic E-state index is 0.262. The van der Waals surface area contributed by atoms with Crippen LogP contribution >= 0.6 is 11.3 Å². The van der Waals surface area contributed by atoms with E-state index in [2.05, 4.69) is 11.4 Å². The summed E-state index contributed by atoms with van der Waals surface area (Å²) in [5, 5.41) is 4.12. The number of ether oxygens (including phenoxy) is 1. The maximum Gasteiger partial charge on any atom is 0.418 e. The Morgan fingerprint density at radius 2 is 1.83 bits per heavy atom. The number of nitrogens with one attached hydrogen (secondary N) is 1. The second-order valence-corrected chi connectivity index (χ2v) is 7.72. The third kappa shape index (κ3) is 4.98. The fourth-order valence-electron chi connectivity index (χ4n) is 2.91. The molecule has 0 unspecified atom stereocenters. The predicted molar refractivity (Wildman–Crippen MR) is 109 cm³/mol. The molecular formula is C22H20F3NO2S. The average Bonchev–Trinajstić information content (AvgIpc) is 3.12. The van der Waals surface area contributed by atoms with E-state index >= 15 is 0 Å². The molecule has 29 heavy (non-hydrogen) atoms. The molecule has 3 rings (SSSR count). The van der Waals surface area contributed by atoms with Crippen molar-refractivity contribution in [3.05, 3.63) is 80.5 Å². The van der Waals surface area contributed by atoms with Gasteiger partial charge in [0.2, 0.25) is 0 Å². The van der Waals surface area contributed by atoms with Crippen LogP contribution in [-0.4, -0.2) is 5.91 Å². The van der Waals surface area contributed by atoms with E-state index in [4.69, 9.17) is 4.74 Å². The van der Waals surface area contributed by atoms with Gasteiger partial charge in [0.25, 0.3) is 5.91 Å². The maximum atomic E-state index is 13.1. The summed E-state index contributed by atoms with van der Waals surface area (Å²) >= 11 is 1.16. The highest BCUT2D eigenvalue weighted by molar-refractivity contribution is 7.12. The number of rotatable bonds is 5. The van der Waals surface area contributed by atoms with Crippen LogP contribution in [0.15, 0.2) is 47.8 Å². The number of benzene rings is 2. The second-order valence-electron chi connectivity index (χ2n) is 6.81. The molecule has 1 heterocycles. The quantitative estimate of drug-likeness (QED) is 0.511. The van der Waals surface area contributed by atoms with Crippen molar-refractivity contribution < 1.29 is 22.7 Å². The molecule has 7 heteroatoms. The molecule has 152 valence electrons. The van der Waals surface area contributed by atoms with Gasteiger partial charge in [-0.2, -0.15) is 13.2 Å². The number of alkyl halides is 3. The third-order valence-corrected chi connectivity index (χ3v) is 5.49. The summed E-state index contributed by atoms with van der Waals surface area (Å²) < 4.78 is 45.2. The maximum absolute atomic E-state index is 13.1. The van der Waals surface area contributed by atoms with Crippen LogP contribution in [0.1, 0.15) is 37.5 Å². The summed E-state index contributed by atoms with van der Waals surface area (Å²) in [6.07, 6.45) is -4.54. The topological polar surface area (TPSA) is 38.3 Å². The Balaban J connectivity index is 1.70. The Bertz CT molecular complexity index is 1040. The molecule has 3 aromatic rings. The number of anilines is 1. The van der Waals surface area contributed by atoms with Crippen molar-refractivity contribution >= 4 is 22.9 Å². The molecule has 0 aliphatic rings. The lowest BCUT2D eigenvalue weighted by Crippen LogP contribution is -2.15. The summed E-state index contributed by atoms with van der Waals surface area (Å²) in [5.74, 6) is 0.194. The number of thiophene rings is 1. The van der Waals surface area contributed by atoms with E-state index in [0.717, 1.165) is 45.4 Å². The largest absolute Gasteiger partial charge is 0.489 e. The average molecular weight is 419 g/mol. The number of para-hydroxylation sites is 1. The summed E-state index contributed by atoms with van der Waals surface area (Å²) in [5.41, 5.74) is 2.92. The fourth-order valence-corrected chi connectivity index (χ4v) is 3.70. The molecule has 3 nitrogen and oxygen atoms in total. The van der Waals surface area contributed by atoms with Crippen molar-refractivity contribution in [2.45, 2.75) is 33.6 Å². The third-order valence-electron chi connectivity index (χ3n) is 4.52. The first-order chi connectivity index (χ1) is 13.6. The van der Waals surface area contributed by atoms with Crippen LogP contribution < -0.4 is 10.1 Å². The molecule has 0 radical (unpaired) electrons. The molecule has 1 N–H and O–H groups in total. The molecule has 1 aromatic heterocycles. The van der Waals surface area contributed by atoms with Crippen molar-refractivity contribution in [3.63, 3.8) is 0 Å². The Labute approximate surface area is 171 Å². The van der Waals surface area contributed by atoms with Crippen LogP contribution in [0.2, 0.25) is 0 Å². The normalized spacial score (nSPS) is 11.4. The molecule has 0 aliphatic heterocycles. The van der Waals surface area contributed by atoms with Crippen molar-refractivity contribution in [1.29, 1.82) is 0 Å². The number of hydrogen-bond donors (Lipinski definition) is 1. The van der Waals surface area contributed by atoms with E-state index in [9.17, 15) is 18.0 Å². The smallest absolute Gasteiger partial charge is 0.418 e. The highest BCUT2D eigenvalue weighted by Crippen LogP contribution is 2.35. The van der Waals surface area contributed by atoms with Crippen LogP contribution in [-0.2, 0) is 12.8 Å². The number of aryl methyl sites for hydroxylation is 2. The lowest BCUT2D eigenvalue weighted by atomic mass is 10.1. The summed E-state index contributed by atoms with van der Waals surface area (Å²) in [7, 11) is 0. The highest BCUT2D eigenvalue weighted by Gasteiger charge is 2.33. The molecule has 0 saturated carbocycles. The SMILES string of the molecule is Cc1cc(C)c(C)c(OCc2csc(C(=O)Nc3ccccc3C(F)(F)F)c2)c1. The Kier molecular flexibility index (Phi) is 5.98. The van der Waals surface area contributed by atoms with Gasteiger partial charge in [0.05, 0.1) is 16.1 Å². The van der Waals surface area contributed by atoms with Crippen molar-refractivity contribution in [3.8, 4) is 5.75 Å². The lowest BCUT2D eigenvalue weighted by molar-refractivity contribution is -0.136. The van der Waals surface area contributed by atoms with E-state index in [1.165, 1.54) is 18.2 Å². The first-order valence-corrected chi connectivity index (χ1v) is 9.78. The number of carbonyl (C=O) groups excluding carboxylic acids is 1. The van der Waals surface area contributed by atoms with Gasteiger partial charge >= 0.3 is 6.18 Å². The number of amides is 1. The van der Waals surface area contributed by atoms with E-state index in [1.54, 1.807) is 11.4 Å².